The minimum atomic E-state index is -0.985. The largest absolute Gasteiger partial charge is 0.508 e. The molecule has 0 aromatic heterocycles. The molecule has 1 saturated heterocycles. The number of aliphatic hydroxyl groups excluding tert-OH is 1. The number of aryl methyl sites for hydroxylation is 2. The van der Waals surface area contributed by atoms with Crippen LogP contribution in [0.2, 0.25) is 5.02 Å². The minimum Gasteiger partial charge on any atom is -0.508 e. The second-order valence-electron chi connectivity index (χ2n) is 7.91. The molecule has 0 spiro atoms. The molecule has 1 heterocycles. The second-order valence-corrected chi connectivity index (χ2v) is 8.34. The fourth-order valence-corrected chi connectivity index (χ4v) is 4.47. The molecule has 33 heavy (non-hydrogen) atoms. The van der Waals surface area contributed by atoms with Crippen molar-refractivity contribution in [2.75, 3.05) is 12.0 Å². The van der Waals surface area contributed by atoms with Gasteiger partial charge in [-0.1, -0.05) is 35.9 Å². The second kappa shape index (κ2) is 8.64. The summed E-state index contributed by atoms with van der Waals surface area (Å²) >= 11 is 6.15. The number of anilines is 1. The van der Waals surface area contributed by atoms with Crippen LogP contribution in [-0.4, -0.2) is 29.0 Å². The van der Waals surface area contributed by atoms with Crippen LogP contribution in [0.5, 0.6) is 11.5 Å². The summed E-state index contributed by atoms with van der Waals surface area (Å²) in [6.45, 7) is 3.69. The number of phenols is 1. The van der Waals surface area contributed by atoms with E-state index in [9.17, 15) is 19.8 Å². The van der Waals surface area contributed by atoms with Gasteiger partial charge in [0.15, 0.2) is 0 Å². The summed E-state index contributed by atoms with van der Waals surface area (Å²) in [4.78, 5) is 27.8. The van der Waals surface area contributed by atoms with E-state index in [0.29, 0.717) is 27.6 Å². The number of phenolic OH excluding ortho intramolecular Hbond substituents is 1. The van der Waals surface area contributed by atoms with Gasteiger partial charge in [-0.05, 0) is 66.9 Å². The number of amides is 1. The first-order chi connectivity index (χ1) is 15.7. The van der Waals surface area contributed by atoms with E-state index in [1.54, 1.807) is 42.5 Å². The van der Waals surface area contributed by atoms with Crippen molar-refractivity contribution in [1.82, 2.24) is 0 Å². The molecular formula is C26H22ClNO5. The van der Waals surface area contributed by atoms with Crippen LogP contribution in [0.4, 0.5) is 5.69 Å². The first-order valence-electron chi connectivity index (χ1n) is 10.2. The summed E-state index contributed by atoms with van der Waals surface area (Å²) in [6.07, 6.45) is 0. The Morgan fingerprint density at radius 1 is 1.03 bits per heavy atom. The number of Topliss-reactive ketones (excluding diaryl/α,β-unsaturated/α-hetero) is 1. The fourth-order valence-electron chi connectivity index (χ4n) is 4.28. The van der Waals surface area contributed by atoms with E-state index in [0.717, 1.165) is 11.1 Å². The zero-order chi connectivity index (χ0) is 23.9. The van der Waals surface area contributed by atoms with E-state index < -0.39 is 17.7 Å². The average Bonchev–Trinajstić information content (AvgIpc) is 3.03. The predicted octanol–water partition coefficient (Wildman–Crippen LogP) is 5.30. The van der Waals surface area contributed by atoms with Gasteiger partial charge in [-0.25, -0.2) is 0 Å². The highest BCUT2D eigenvalue weighted by molar-refractivity contribution is 6.51. The number of hydrogen-bond donors (Lipinski definition) is 2. The standard InChI is InChI=1S/C26H22ClNO5/c1-14-10-15(2)25(33-3)20(11-14)23(30)21-22(16-6-4-9-19(29)12-16)28(26(32)24(21)31)18-8-5-7-17(27)13-18/h4-13,22,29-30H,1-3H3/b23-21+. The topological polar surface area (TPSA) is 87.1 Å². The molecule has 3 aromatic rings. The number of nitrogens with zero attached hydrogens (tertiary/aromatic N) is 1. The maximum Gasteiger partial charge on any atom is 0.300 e. The summed E-state index contributed by atoms with van der Waals surface area (Å²) in [5.41, 5.74) is 2.69. The van der Waals surface area contributed by atoms with Gasteiger partial charge >= 0.3 is 0 Å². The molecule has 4 rings (SSSR count). The molecule has 3 aromatic carbocycles. The Balaban J connectivity index is 2.02. The van der Waals surface area contributed by atoms with Crippen molar-refractivity contribution in [1.29, 1.82) is 0 Å². The average molecular weight is 464 g/mol. The van der Waals surface area contributed by atoms with Crippen molar-refractivity contribution in [2.24, 2.45) is 0 Å². The van der Waals surface area contributed by atoms with Gasteiger partial charge in [0.25, 0.3) is 11.7 Å². The van der Waals surface area contributed by atoms with Gasteiger partial charge in [0.1, 0.15) is 17.3 Å². The molecule has 7 heteroatoms. The third-order valence-corrected chi connectivity index (χ3v) is 5.83. The molecule has 1 amide bonds. The molecule has 1 unspecified atom stereocenters. The molecule has 6 nitrogen and oxygen atoms in total. The van der Waals surface area contributed by atoms with Gasteiger partial charge in [-0.2, -0.15) is 0 Å². The molecule has 0 saturated carbocycles. The van der Waals surface area contributed by atoms with Gasteiger partial charge < -0.3 is 14.9 Å². The number of carbonyl (C=O) groups excluding carboxylic acids is 2. The highest BCUT2D eigenvalue weighted by Gasteiger charge is 2.47. The number of aromatic hydroxyl groups is 1. The third kappa shape index (κ3) is 3.94. The van der Waals surface area contributed by atoms with Crippen molar-refractivity contribution in [3.8, 4) is 11.5 Å². The third-order valence-electron chi connectivity index (χ3n) is 5.59. The predicted molar refractivity (Wildman–Crippen MR) is 127 cm³/mol. The molecule has 0 bridgehead atoms. The Morgan fingerprint density at radius 3 is 2.42 bits per heavy atom. The van der Waals surface area contributed by atoms with E-state index in [1.165, 1.54) is 24.1 Å². The quantitative estimate of drug-likeness (QED) is 0.311. The van der Waals surface area contributed by atoms with Gasteiger partial charge in [0.05, 0.1) is 24.3 Å². The Bertz CT molecular complexity index is 1310. The molecule has 0 aliphatic carbocycles. The lowest BCUT2D eigenvalue weighted by atomic mass is 9.93. The Kier molecular flexibility index (Phi) is 5.87. The lowest BCUT2D eigenvalue weighted by Crippen LogP contribution is -2.29. The number of ether oxygens (including phenoxy) is 1. The summed E-state index contributed by atoms with van der Waals surface area (Å²) in [5.74, 6) is -1.64. The summed E-state index contributed by atoms with van der Waals surface area (Å²) in [5, 5.41) is 21.9. The van der Waals surface area contributed by atoms with Gasteiger partial charge in [0.2, 0.25) is 0 Å². The summed E-state index contributed by atoms with van der Waals surface area (Å²) in [6, 6.07) is 15.4. The van der Waals surface area contributed by atoms with Gasteiger partial charge in [0, 0.05) is 10.7 Å². The zero-order valence-corrected chi connectivity index (χ0v) is 19.1. The molecule has 1 fully saturated rings. The Labute approximate surface area is 196 Å². The minimum absolute atomic E-state index is 0.0341. The van der Waals surface area contributed by atoms with Crippen molar-refractivity contribution in [2.45, 2.75) is 19.9 Å². The normalized spacial score (nSPS) is 17.5. The zero-order valence-electron chi connectivity index (χ0n) is 18.3. The molecular weight excluding hydrogens is 442 g/mol. The van der Waals surface area contributed by atoms with Crippen LogP contribution in [0.3, 0.4) is 0 Å². The molecule has 2 N–H and O–H groups in total. The number of carbonyl (C=O) groups is 2. The van der Waals surface area contributed by atoms with Crippen LogP contribution in [0.15, 0.2) is 66.2 Å². The number of rotatable bonds is 4. The fraction of sp³-hybridized carbons (Fsp3) is 0.154. The van der Waals surface area contributed by atoms with Crippen molar-refractivity contribution in [3.05, 3.63) is 93.5 Å². The Hall–Kier alpha value is -3.77. The van der Waals surface area contributed by atoms with Crippen molar-refractivity contribution < 1.29 is 24.5 Å². The number of aliphatic hydroxyl groups is 1. The Morgan fingerprint density at radius 2 is 1.76 bits per heavy atom. The van der Waals surface area contributed by atoms with E-state index in [-0.39, 0.29) is 17.1 Å². The van der Waals surface area contributed by atoms with E-state index in [2.05, 4.69) is 0 Å². The highest BCUT2D eigenvalue weighted by atomic mass is 35.5. The lowest BCUT2D eigenvalue weighted by Gasteiger charge is -2.26. The molecule has 1 atom stereocenters. The molecule has 168 valence electrons. The van der Waals surface area contributed by atoms with Crippen LogP contribution in [0.25, 0.3) is 5.76 Å². The molecule has 1 aliphatic rings. The number of halogens is 1. The van der Waals surface area contributed by atoms with Crippen LogP contribution < -0.4 is 9.64 Å². The van der Waals surface area contributed by atoms with Gasteiger partial charge in [-0.15, -0.1) is 0 Å². The highest BCUT2D eigenvalue weighted by Crippen LogP contribution is 2.44. The number of methoxy groups -OCH3 is 1. The van der Waals surface area contributed by atoms with Crippen molar-refractivity contribution >= 4 is 34.7 Å². The van der Waals surface area contributed by atoms with Crippen molar-refractivity contribution in [3.63, 3.8) is 0 Å². The van der Waals surface area contributed by atoms with Crippen LogP contribution in [0.1, 0.15) is 28.3 Å². The van der Waals surface area contributed by atoms with E-state index in [4.69, 9.17) is 16.3 Å². The van der Waals surface area contributed by atoms with Gasteiger partial charge in [-0.3, -0.25) is 14.5 Å². The maximum atomic E-state index is 13.3. The van der Waals surface area contributed by atoms with E-state index >= 15 is 0 Å². The number of benzene rings is 3. The number of ketones is 1. The number of hydrogen-bond acceptors (Lipinski definition) is 5. The van der Waals surface area contributed by atoms with Crippen LogP contribution in [0, 0.1) is 13.8 Å². The SMILES string of the molecule is COc1c(C)cc(C)cc1/C(O)=C1\C(=O)C(=O)N(c2cccc(Cl)c2)C1c1cccc(O)c1. The van der Waals surface area contributed by atoms with Crippen LogP contribution >= 0.6 is 11.6 Å². The smallest absolute Gasteiger partial charge is 0.300 e. The van der Waals surface area contributed by atoms with E-state index in [1.807, 2.05) is 19.9 Å². The lowest BCUT2D eigenvalue weighted by molar-refractivity contribution is -0.132. The molecule has 0 radical (unpaired) electrons. The first kappa shape index (κ1) is 22.4. The summed E-state index contributed by atoms with van der Waals surface area (Å²) in [7, 11) is 1.48. The van der Waals surface area contributed by atoms with Crippen LogP contribution in [-0.2, 0) is 9.59 Å². The summed E-state index contributed by atoms with van der Waals surface area (Å²) < 4.78 is 5.50. The molecule has 1 aliphatic heterocycles. The monoisotopic (exact) mass is 463 g/mol. The first-order valence-corrected chi connectivity index (χ1v) is 10.6. The maximum absolute atomic E-state index is 13.3.